The maximum atomic E-state index is 11.8. The Morgan fingerprint density at radius 1 is 1.04 bits per heavy atom. The molecule has 3 aromatic rings. The highest BCUT2D eigenvalue weighted by Gasteiger charge is 2.05. The molecule has 0 bridgehead atoms. The van der Waals surface area contributed by atoms with Crippen molar-refractivity contribution in [1.82, 2.24) is 15.6 Å². The van der Waals surface area contributed by atoms with E-state index >= 15 is 0 Å². The maximum Gasteiger partial charge on any atom is 0.315 e. The molecule has 0 saturated heterocycles. The highest BCUT2D eigenvalue weighted by molar-refractivity contribution is 7.99. The molecule has 23 heavy (non-hydrogen) atoms. The van der Waals surface area contributed by atoms with Crippen molar-refractivity contribution in [3.8, 4) is 0 Å². The number of aromatic nitrogens is 1. The first kappa shape index (κ1) is 15.8. The van der Waals surface area contributed by atoms with Gasteiger partial charge in [0.1, 0.15) is 5.01 Å². The minimum absolute atomic E-state index is 0.155. The normalized spacial score (nSPS) is 10.6. The summed E-state index contributed by atoms with van der Waals surface area (Å²) in [5, 5.41) is 6.63. The molecule has 0 spiro atoms. The lowest BCUT2D eigenvalue weighted by atomic mass is 10.3. The van der Waals surface area contributed by atoms with Gasteiger partial charge in [0, 0.05) is 17.2 Å². The second kappa shape index (κ2) is 7.99. The van der Waals surface area contributed by atoms with E-state index in [9.17, 15) is 4.79 Å². The Balaban J connectivity index is 1.38. The Kier molecular flexibility index (Phi) is 5.50. The number of thioether (sulfide) groups is 1. The summed E-state index contributed by atoms with van der Waals surface area (Å²) in [6.07, 6.45) is 0. The number of rotatable bonds is 6. The summed E-state index contributed by atoms with van der Waals surface area (Å²) in [6, 6.07) is 18.0. The van der Waals surface area contributed by atoms with Gasteiger partial charge in [0.25, 0.3) is 0 Å². The predicted octanol–water partition coefficient (Wildman–Crippen LogP) is 3.89. The van der Waals surface area contributed by atoms with Gasteiger partial charge in [-0.05, 0) is 24.3 Å². The zero-order valence-corrected chi connectivity index (χ0v) is 14.1. The van der Waals surface area contributed by atoms with Gasteiger partial charge in [0.15, 0.2) is 0 Å². The number of urea groups is 1. The Morgan fingerprint density at radius 3 is 2.65 bits per heavy atom. The lowest BCUT2D eigenvalue weighted by molar-refractivity contribution is 0.241. The van der Waals surface area contributed by atoms with Crippen LogP contribution >= 0.6 is 23.1 Å². The van der Waals surface area contributed by atoms with E-state index in [1.807, 2.05) is 42.5 Å². The SMILES string of the molecule is O=C(NCCSc1ccccc1)NCc1nc2ccccc2s1. The van der Waals surface area contributed by atoms with Gasteiger partial charge in [-0.3, -0.25) is 0 Å². The molecule has 0 fully saturated rings. The predicted molar refractivity (Wildman–Crippen MR) is 97.0 cm³/mol. The van der Waals surface area contributed by atoms with Gasteiger partial charge in [-0.25, -0.2) is 9.78 Å². The van der Waals surface area contributed by atoms with E-state index in [0.29, 0.717) is 13.1 Å². The Hall–Kier alpha value is -2.05. The number of nitrogens with one attached hydrogen (secondary N) is 2. The molecule has 0 aliphatic rings. The molecule has 3 rings (SSSR count). The topological polar surface area (TPSA) is 54.0 Å². The standard InChI is InChI=1S/C17H17N3OS2/c21-17(18-10-11-22-13-6-2-1-3-7-13)19-12-16-20-14-8-4-5-9-15(14)23-16/h1-9H,10-12H2,(H2,18,19,21). The number of hydrogen-bond donors (Lipinski definition) is 2. The van der Waals surface area contributed by atoms with Crippen molar-refractivity contribution >= 4 is 39.3 Å². The van der Waals surface area contributed by atoms with E-state index in [1.165, 1.54) is 4.90 Å². The second-order valence-corrected chi connectivity index (χ2v) is 7.13. The summed E-state index contributed by atoms with van der Waals surface area (Å²) in [4.78, 5) is 17.5. The van der Waals surface area contributed by atoms with E-state index < -0.39 is 0 Å². The first-order valence-electron chi connectivity index (χ1n) is 7.35. The summed E-state index contributed by atoms with van der Waals surface area (Å²) in [6.45, 7) is 1.09. The first-order valence-corrected chi connectivity index (χ1v) is 9.15. The highest BCUT2D eigenvalue weighted by Crippen LogP contribution is 2.21. The average molecular weight is 343 g/mol. The number of carbonyl (C=O) groups is 1. The molecule has 0 unspecified atom stereocenters. The monoisotopic (exact) mass is 343 g/mol. The van der Waals surface area contributed by atoms with Gasteiger partial charge in [-0.15, -0.1) is 23.1 Å². The highest BCUT2D eigenvalue weighted by atomic mass is 32.2. The molecule has 2 amide bonds. The van der Waals surface area contributed by atoms with Crippen LogP contribution in [0.2, 0.25) is 0 Å². The molecule has 1 aromatic heterocycles. The van der Waals surface area contributed by atoms with Crippen molar-refractivity contribution in [2.75, 3.05) is 12.3 Å². The molecular weight excluding hydrogens is 326 g/mol. The van der Waals surface area contributed by atoms with Crippen molar-refractivity contribution in [2.45, 2.75) is 11.4 Å². The molecule has 0 radical (unpaired) electrons. The number of benzene rings is 2. The summed E-state index contributed by atoms with van der Waals surface area (Å²) < 4.78 is 1.14. The largest absolute Gasteiger partial charge is 0.337 e. The Labute approximate surface area is 143 Å². The maximum absolute atomic E-state index is 11.8. The fourth-order valence-electron chi connectivity index (χ4n) is 2.06. The summed E-state index contributed by atoms with van der Waals surface area (Å²) in [5.41, 5.74) is 0.981. The van der Waals surface area contributed by atoms with Crippen LogP contribution in [0.4, 0.5) is 4.79 Å². The van der Waals surface area contributed by atoms with E-state index in [-0.39, 0.29) is 6.03 Å². The number of amides is 2. The average Bonchev–Trinajstić information content (AvgIpc) is 3.01. The molecule has 2 aromatic carbocycles. The van der Waals surface area contributed by atoms with Crippen LogP contribution < -0.4 is 10.6 Å². The van der Waals surface area contributed by atoms with Gasteiger partial charge >= 0.3 is 6.03 Å². The molecule has 0 aliphatic carbocycles. The van der Waals surface area contributed by atoms with Crippen molar-refractivity contribution < 1.29 is 4.79 Å². The van der Waals surface area contributed by atoms with Crippen molar-refractivity contribution in [2.24, 2.45) is 0 Å². The number of fused-ring (bicyclic) bond motifs is 1. The third kappa shape index (κ3) is 4.71. The zero-order chi connectivity index (χ0) is 15.9. The van der Waals surface area contributed by atoms with Crippen LogP contribution in [0.15, 0.2) is 59.5 Å². The van der Waals surface area contributed by atoms with E-state index in [4.69, 9.17) is 0 Å². The fourth-order valence-corrected chi connectivity index (χ4v) is 3.76. The molecule has 0 saturated carbocycles. The van der Waals surface area contributed by atoms with Gasteiger partial charge in [0.05, 0.1) is 16.8 Å². The lowest BCUT2D eigenvalue weighted by Gasteiger charge is -2.06. The summed E-state index contributed by atoms with van der Waals surface area (Å²) in [5.74, 6) is 0.846. The van der Waals surface area contributed by atoms with Crippen LogP contribution in [0.1, 0.15) is 5.01 Å². The minimum Gasteiger partial charge on any atom is -0.337 e. The van der Waals surface area contributed by atoms with Crippen LogP contribution in [0, 0.1) is 0 Å². The van der Waals surface area contributed by atoms with Gasteiger partial charge in [-0.1, -0.05) is 30.3 Å². The summed E-state index contributed by atoms with van der Waals surface area (Å²) >= 11 is 3.33. The molecule has 2 N–H and O–H groups in total. The minimum atomic E-state index is -0.155. The van der Waals surface area contributed by atoms with E-state index in [1.54, 1.807) is 23.1 Å². The van der Waals surface area contributed by atoms with Crippen LogP contribution in [0.5, 0.6) is 0 Å². The number of nitrogens with zero attached hydrogens (tertiary/aromatic N) is 1. The molecule has 118 valence electrons. The third-order valence-corrected chi connectivity index (χ3v) is 5.19. The van der Waals surface area contributed by atoms with Gasteiger partial charge < -0.3 is 10.6 Å². The molecule has 1 heterocycles. The Morgan fingerprint density at radius 2 is 1.83 bits per heavy atom. The van der Waals surface area contributed by atoms with Crippen molar-refractivity contribution in [1.29, 1.82) is 0 Å². The third-order valence-electron chi connectivity index (χ3n) is 3.14. The quantitative estimate of drug-likeness (QED) is 0.527. The summed E-state index contributed by atoms with van der Waals surface area (Å²) in [7, 11) is 0. The number of carbonyl (C=O) groups excluding carboxylic acids is 1. The van der Waals surface area contributed by atoms with Gasteiger partial charge in [0.2, 0.25) is 0 Å². The number of hydrogen-bond acceptors (Lipinski definition) is 4. The molecule has 0 atom stereocenters. The van der Waals surface area contributed by atoms with Crippen LogP contribution in [0.3, 0.4) is 0 Å². The lowest BCUT2D eigenvalue weighted by Crippen LogP contribution is -2.36. The van der Waals surface area contributed by atoms with Crippen molar-refractivity contribution in [3.05, 3.63) is 59.6 Å². The van der Waals surface area contributed by atoms with E-state index in [2.05, 4.69) is 27.8 Å². The first-order chi connectivity index (χ1) is 11.3. The fraction of sp³-hybridized carbons (Fsp3) is 0.176. The molecule has 6 heteroatoms. The Bertz CT molecular complexity index is 741. The van der Waals surface area contributed by atoms with Crippen LogP contribution in [-0.4, -0.2) is 23.3 Å². The van der Waals surface area contributed by atoms with Crippen LogP contribution in [-0.2, 0) is 6.54 Å². The second-order valence-electron chi connectivity index (χ2n) is 4.85. The molecular formula is C17H17N3OS2. The number of thiazole rings is 1. The molecule has 4 nitrogen and oxygen atoms in total. The smallest absolute Gasteiger partial charge is 0.315 e. The van der Waals surface area contributed by atoms with E-state index in [0.717, 1.165) is 21.0 Å². The number of para-hydroxylation sites is 1. The molecule has 0 aliphatic heterocycles. The van der Waals surface area contributed by atoms with Crippen molar-refractivity contribution in [3.63, 3.8) is 0 Å². The van der Waals surface area contributed by atoms with Crippen LogP contribution in [0.25, 0.3) is 10.2 Å². The van der Waals surface area contributed by atoms with Gasteiger partial charge in [-0.2, -0.15) is 0 Å². The zero-order valence-electron chi connectivity index (χ0n) is 12.5.